The van der Waals surface area contributed by atoms with Gasteiger partial charge in [0.25, 0.3) is 0 Å². The SMILES string of the molecule is C#CCOC1C=c2c(-c3ccc(C(C)C)cc3)nc(=O)n(Cc3cc(OC)ccc3OC)c2=CC1C. The molecule has 1 aliphatic rings. The van der Waals surface area contributed by atoms with E-state index in [1.165, 1.54) is 5.56 Å². The van der Waals surface area contributed by atoms with Crippen molar-refractivity contribution in [3.05, 3.63) is 74.6 Å². The molecule has 2 atom stereocenters. The predicted molar refractivity (Wildman–Crippen MR) is 143 cm³/mol. The molecule has 1 heterocycles. The standard InChI is InChI=1S/C30H32N2O4/c1-7-14-36-28-17-25-26(15-20(28)4)32(18-23-16-24(34-5)12-13-27(23)35-6)30(33)31-29(25)22-10-8-21(9-11-22)19(2)3/h1,8-13,15-17,19-20,28H,14,18H2,2-6H3. The van der Waals surface area contributed by atoms with Crippen LogP contribution in [0.1, 0.15) is 37.8 Å². The maximum Gasteiger partial charge on any atom is 0.348 e. The average Bonchev–Trinajstić information content (AvgIpc) is 2.89. The molecule has 0 bridgehead atoms. The van der Waals surface area contributed by atoms with Crippen LogP contribution < -0.4 is 25.7 Å². The van der Waals surface area contributed by atoms with E-state index in [9.17, 15) is 4.79 Å². The Morgan fingerprint density at radius 2 is 1.83 bits per heavy atom. The van der Waals surface area contributed by atoms with Crippen molar-refractivity contribution in [2.45, 2.75) is 39.3 Å². The van der Waals surface area contributed by atoms with Gasteiger partial charge in [0.2, 0.25) is 0 Å². The van der Waals surface area contributed by atoms with Crippen LogP contribution in [0.15, 0.2) is 47.3 Å². The summed E-state index contributed by atoms with van der Waals surface area (Å²) in [6.07, 6.45) is 9.33. The molecule has 2 unspecified atom stereocenters. The number of methoxy groups -OCH3 is 2. The number of hydrogen-bond acceptors (Lipinski definition) is 5. The number of ether oxygens (including phenoxy) is 3. The van der Waals surface area contributed by atoms with Gasteiger partial charge >= 0.3 is 5.69 Å². The Morgan fingerprint density at radius 1 is 1.08 bits per heavy atom. The molecule has 0 saturated carbocycles. The summed E-state index contributed by atoms with van der Waals surface area (Å²) >= 11 is 0. The Bertz CT molecular complexity index is 1460. The fourth-order valence-electron chi connectivity index (χ4n) is 4.51. The molecule has 0 saturated heterocycles. The Balaban J connectivity index is 1.93. The number of rotatable bonds is 8. The molecule has 6 heteroatoms. The van der Waals surface area contributed by atoms with Crippen LogP contribution in [0.25, 0.3) is 23.4 Å². The largest absolute Gasteiger partial charge is 0.497 e. The van der Waals surface area contributed by atoms with Crippen LogP contribution in [0.4, 0.5) is 0 Å². The topological polar surface area (TPSA) is 62.6 Å². The van der Waals surface area contributed by atoms with Crippen molar-refractivity contribution in [1.82, 2.24) is 9.55 Å². The summed E-state index contributed by atoms with van der Waals surface area (Å²) in [6, 6.07) is 13.8. The van der Waals surface area contributed by atoms with E-state index in [-0.39, 0.29) is 30.9 Å². The van der Waals surface area contributed by atoms with Crippen LogP contribution in [0.2, 0.25) is 0 Å². The van der Waals surface area contributed by atoms with Gasteiger partial charge in [-0.3, -0.25) is 4.57 Å². The Labute approximate surface area is 211 Å². The molecule has 4 rings (SSSR count). The minimum atomic E-state index is -0.332. The van der Waals surface area contributed by atoms with E-state index in [1.807, 2.05) is 36.4 Å². The summed E-state index contributed by atoms with van der Waals surface area (Å²) in [4.78, 5) is 18.0. The third kappa shape index (κ3) is 5.07. The molecule has 0 radical (unpaired) electrons. The Morgan fingerprint density at radius 3 is 2.47 bits per heavy atom. The zero-order chi connectivity index (χ0) is 25.8. The zero-order valence-corrected chi connectivity index (χ0v) is 21.4. The molecule has 3 aromatic rings. The molecule has 36 heavy (non-hydrogen) atoms. The van der Waals surface area contributed by atoms with Gasteiger partial charge in [-0.2, -0.15) is 4.98 Å². The molecule has 0 aliphatic heterocycles. The van der Waals surface area contributed by atoms with Crippen molar-refractivity contribution in [1.29, 1.82) is 0 Å². The van der Waals surface area contributed by atoms with Gasteiger partial charge in [0.1, 0.15) is 18.1 Å². The van der Waals surface area contributed by atoms with Gasteiger partial charge in [-0.05, 0) is 35.8 Å². The fraction of sp³-hybridized carbons (Fsp3) is 0.333. The van der Waals surface area contributed by atoms with Crippen LogP contribution in [0.3, 0.4) is 0 Å². The highest BCUT2D eigenvalue weighted by Crippen LogP contribution is 2.25. The molecule has 1 aromatic heterocycles. The summed E-state index contributed by atoms with van der Waals surface area (Å²) in [7, 11) is 3.22. The lowest BCUT2D eigenvalue weighted by molar-refractivity contribution is 0.102. The lowest BCUT2D eigenvalue weighted by Crippen LogP contribution is -2.49. The van der Waals surface area contributed by atoms with E-state index in [0.717, 1.165) is 21.7 Å². The average molecular weight is 485 g/mol. The van der Waals surface area contributed by atoms with Crippen molar-refractivity contribution >= 4 is 12.2 Å². The minimum absolute atomic E-state index is 0.0160. The molecule has 0 N–H and O–H groups in total. The van der Waals surface area contributed by atoms with Gasteiger partial charge in [0, 0.05) is 22.3 Å². The van der Waals surface area contributed by atoms with Gasteiger partial charge in [0.05, 0.1) is 37.9 Å². The summed E-state index contributed by atoms with van der Waals surface area (Å²) in [6.45, 7) is 6.86. The molecular weight excluding hydrogens is 452 g/mol. The first-order valence-electron chi connectivity index (χ1n) is 12.1. The number of benzene rings is 2. The Kier molecular flexibility index (Phi) is 7.61. The number of fused-ring (bicyclic) bond motifs is 1. The van der Waals surface area contributed by atoms with E-state index in [1.54, 1.807) is 18.8 Å². The Hall–Kier alpha value is -3.82. The minimum Gasteiger partial charge on any atom is -0.497 e. The van der Waals surface area contributed by atoms with E-state index >= 15 is 0 Å². The summed E-state index contributed by atoms with van der Waals surface area (Å²) in [5.41, 5.74) is 3.24. The highest BCUT2D eigenvalue weighted by atomic mass is 16.5. The second kappa shape index (κ2) is 10.8. The molecule has 1 aliphatic carbocycles. The highest BCUT2D eigenvalue weighted by Gasteiger charge is 2.22. The lowest BCUT2D eigenvalue weighted by Gasteiger charge is -2.23. The monoisotopic (exact) mass is 484 g/mol. The van der Waals surface area contributed by atoms with Crippen molar-refractivity contribution in [2.24, 2.45) is 5.92 Å². The van der Waals surface area contributed by atoms with Crippen LogP contribution >= 0.6 is 0 Å². The van der Waals surface area contributed by atoms with Crippen LogP contribution in [-0.2, 0) is 11.3 Å². The maximum atomic E-state index is 13.5. The fourth-order valence-corrected chi connectivity index (χ4v) is 4.51. The molecule has 0 amide bonds. The quantitative estimate of drug-likeness (QED) is 0.459. The summed E-state index contributed by atoms with van der Waals surface area (Å²) < 4.78 is 18.6. The first-order valence-corrected chi connectivity index (χ1v) is 12.1. The zero-order valence-electron chi connectivity index (χ0n) is 21.4. The number of aromatic nitrogens is 2. The maximum absolute atomic E-state index is 13.5. The van der Waals surface area contributed by atoms with Gasteiger partial charge in [-0.1, -0.05) is 57.0 Å². The second-order valence-electron chi connectivity index (χ2n) is 9.25. The van der Waals surface area contributed by atoms with Crippen molar-refractivity contribution in [3.63, 3.8) is 0 Å². The van der Waals surface area contributed by atoms with Gasteiger partial charge < -0.3 is 14.2 Å². The van der Waals surface area contributed by atoms with Crippen molar-refractivity contribution < 1.29 is 14.2 Å². The first kappa shape index (κ1) is 25.3. The van der Waals surface area contributed by atoms with Crippen LogP contribution in [0, 0.1) is 18.3 Å². The van der Waals surface area contributed by atoms with Gasteiger partial charge in [-0.25, -0.2) is 4.79 Å². The molecule has 0 fully saturated rings. The first-order chi connectivity index (χ1) is 17.4. The number of hydrogen-bond donors (Lipinski definition) is 0. The molecule has 2 aromatic carbocycles. The normalized spacial score (nSPS) is 16.5. The summed E-state index contributed by atoms with van der Waals surface area (Å²) in [5, 5.41) is 1.66. The van der Waals surface area contributed by atoms with Crippen LogP contribution in [-0.4, -0.2) is 36.5 Å². The van der Waals surface area contributed by atoms with Gasteiger partial charge in [0.15, 0.2) is 0 Å². The van der Waals surface area contributed by atoms with Crippen molar-refractivity contribution in [3.8, 4) is 35.1 Å². The lowest BCUT2D eigenvalue weighted by atomic mass is 9.95. The molecule has 186 valence electrons. The van der Waals surface area contributed by atoms with Crippen LogP contribution in [0.5, 0.6) is 11.5 Å². The van der Waals surface area contributed by atoms with E-state index < -0.39 is 0 Å². The predicted octanol–water partition coefficient (Wildman–Crippen LogP) is 3.33. The number of nitrogens with zero attached hydrogens (tertiary/aromatic N) is 2. The third-order valence-electron chi connectivity index (χ3n) is 6.56. The van der Waals surface area contributed by atoms with E-state index in [4.69, 9.17) is 20.6 Å². The molecule has 0 spiro atoms. The third-order valence-corrected chi connectivity index (χ3v) is 6.56. The second-order valence-corrected chi connectivity index (χ2v) is 9.25. The highest BCUT2D eigenvalue weighted by molar-refractivity contribution is 5.63. The van der Waals surface area contributed by atoms with E-state index in [0.29, 0.717) is 23.1 Å². The smallest absolute Gasteiger partial charge is 0.348 e. The summed E-state index contributed by atoms with van der Waals surface area (Å²) in [5.74, 6) is 4.34. The van der Waals surface area contributed by atoms with Gasteiger partial charge in [-0.15, -0.1) is 6.42 Å². The molecular formula is C30H32N2O4. The molecule has 6 nitrogen and oxygen atoms in total. The van der Waals surface area contributed by atoms with E-state index in [2.05, 4.69) is 49.9 Å². The van der Waals surface area contributed by atoms with Crippen molar-refractivity contribution in [2.75, 3.05) is 20.8 Å². The number of terminal acetylenes is 1.